The fourth-order valence-corrected chi connectivity index (χ4v) is 4.32. The fraction of sp³-hybridized carbons (Fsp3) is 0.167. The molecule has 158 valence electrons. The van der Waals surface area contributed by atoms with E-state index in [-0.39, 0.29) is 18.1 Å². The number of hydrogen-bond acceptors (Lipinski definition) is 2. The molecule has 7 heteroatoms. The smallest absolute Gasteiger partial charge is 0.316 e. The van der Waals surface area contributed by atoms with Crippen molar-refractivity contribution in [2.24, 2.45) is 0 Å². The van der Waals surface area contributed by atoms with Gasteiger partial charge in [-0.15, -0.1) is 0 Å². The Labute approximate surface area is 190 Å². The quantitative estimate of drug-likeness (QED) is 0.400. The standard InChI is InChI=1S/C24H21Cl2N3O2/c1-14-5-4-6-17(9-14)13-28-23(30)21(27-24(28)31)11-18-10-15(2)29(16(18)3)22-8-7-19(25)12-20(22)26/h4-12H,13H2,1-3H3,(H,27,31)/b21-11+. The molecular formula is C24H21Cl2N3O2. The van der Waals surface area contributed by atoms with E-state index in [4.69, 9.17) is 23.2 Å². The zero-order valence-electron chi connectivity index (χ0n) is 17.4. The van der Waals surface area contributed by atoms with Crippen molar-refractivity contribution in [2.75, 3.05) is 0 Å². The van der Waals surface area contributed by atoms with E-state index >= 15 is 0 Å². The van der Waals surface area contributed by atoms with Crippen molar-refractivity contribution in [1.29, 1.82) is 0 Å². The predicted molar refractivity (Wildman–Crippen MR) is 124 cm³/mol. The molecule has 2 heterocycles. The molecule has 0 bridgehead atoms. The average molecular weight is 454 g/mol. The first kappa shape index (κ1) is 21.2. The molecule has 3 amide bonds. The Morgan fingerprint density at radius 2 is 1.77 bits per heavy atom. The molecule has 4 rings (SSSR count). The summed E-state index contributed by atoms with van der Waals surface area (Å²) in [5.41, 5.74) is 5.70. The first-order valence-corrected chi connectivity index (χ1v) is 10.5. The molecule has 0 unspecified atom stereocenters. The summed E-state index contributed by atoms with van der Waals surface area (Å²) in [6, 6.07) is 14.6. The Kier molecular flexibility index (Phi) is 5.65. The summed E-state index contributed by atoms with van der Waals surface area (Å²) in [6.07, 6.45) is 1.71. The van der Waals surface area contributed by atoms with Crippen LogP contribution in [0.4, 0.5) is 4.79 Å². The molecule has 0 aliphatic carbocycles. The van der Waals surface area contributed by atoms with Crippen LogP contribution in [0.25, 0.3) is 11.8 Å². The molecule has 1 N–H and O–H groups in total. The number of hydrogen-bond donors (Lipinski definition) is 1. The average Bonchev–Trinajstić information content (AvgIpc) is 3.12. The molecule has 3 aromatic rings. The van der Waals surface area contributed by atoms with Crippen LogP contribution in [0.3, 0.4) is 0 Å². The highest BCUT2D eigenvalue weighted by Gasteiger charge is 2.33. The monoisotopic (exact) mass is 453 g/mol. The van der Waals surface area contributed by atoms with Crippen LogP contribution in [-0.2, 0) is 11.3 Å². The van der Waals surface area contributed by atoms with Gasteiger partial charge in [0.05, 0.1) is 17.3 Å². The minimum absolute atomic E-state index is 0.225. The molecule has 0 atom stereocenters. The van der Waals surface area contributed by atoms with Crippen molar-refractivity contribution in [2.45, 2.75) is 27.3 Å². The number of benzene rings is 2. The van der Waals surface area contributed by atoms with Crippen molar-refractivity contribution in [3.63, 3.8) is 0 Å². The van der Waals surface area contributed by atoms with Crippen molar-refractivity contribution >= 4 is 41.2 Å². The molecule has 1 aliphatic heterocycles. The van der Waals surface area contributed by atoms with Crippen LogP contribution in [0.15, 0.2) is 54.2 Å². The van der Waals surface area contributed by atoms with Crippen LogP contribution < -0.4 is 5.32 Å². The van der Waals surface area contributed by atoms with E-state index in [1.807, 2.05) is 61.7 Å². The van der Waals surface area contributed by atoms with Crippen LogP contribution in [0.2, 0.25) is 10.0 Å². The van der Waals surface area contributed by atoms with Gasteiger partial charge in [0.15, 0.2) is 0 Å². The number of carbonyl (C=O) groups is 2. The number of aryl methyl sites for hydroxylation is 2. The Morgan fingerprint density at radius 1 is 1.00 bits per heavy atom. The second-order valence-electron chi connectivity index (χ2n) is 7.63. The largest absolute Gasteiger partial charge is 0.329 e. The van der Waals surface area contributed by atoms with E-state index in [1.165, 1.54) is 4.90 Å². The highest BCUT2D eigenvalue weighted by atomic mass is 35.5. The third-order valence-corrected chi connectivity index (χ3v) is 5.84. The molecule has 1 aliphatic rings. The van der Waals surface area contributed by atoms with Crippen LogP contribution in [0.1, 0.15) is 28.1 Å². The van der Waals surface area contributed by atoms with Gasteiger partial charge in [0.1, 0.15) is 5.70 Å². The van der Waals surface area contributed by atoms with Crippen molar-refractivity contribution in [1.82, 2.24) is 14.8 Å². The number of nitrogens with zero attached hydrogens (tertiary/aromatic N) is 2. The van der Waals surface area contributed by atoms with Crippen LogP contribution in [0.5, 0.6) is 0 Å². The number of aromatic nitrogens is 1. The molecule has 31 heavy (non-hydrogen) atoms. The molecular weight excluding hydrogens is 433 g/mol. The maximum Gasteiger partial charge on any atom is 0.329 e. The van der Waals surface area contributed by atoms with E-state index in [0.717, 1.165) is 33.8 Å². The normalized spacial score (nSPS) is 15.1. The summed E-state index contributed by atoms with van der Waals surface area (Å²) >= 11 is 12.4. The zero-order valence-corrected chi connectivity index (χ0v) is 18.9. The second kappa shape index (κ2) is 8.25. The van der Waals surface area contributed by atoms with Crippen LogP contribution in [-0.4, -0.2) is 21.4 Å². The maximum atomic E-state index is 12.9. The summed E-state index contributed by atoms with van der Waals surface area (Å²) < 4.78 is 2.00. The summed E-state index contributed by atoms with van der Waals surface area (Å²) in [5.74, 6) is -0.346. The lowest BCUT2D eigenvalue weighted by Crippen LogP contribution is -2.30. The predicted octanol–water partition coefficient (Wildman–Crippen LogP) is 5.80. The van der Waals surface area contributed by atoms with Gasteiger partial charge < -0.3 is 9.88 Å². The van der Waals surface area contributed by atoms with Gasteiger partial charge in [0.2, 0.25) is 0 Å². The maximum absolute atomic E-state index is 12.9. The zero-order chi connectivity index (χ0) is 22.3. The summed E-state index contributed by atoms with van der Waals surface area (Å²) in [6.45, 7) is 6.10. The van der Waals surface area contributed by atoms with E-state index in [2.05, 4.69) is 5.32 Å². The Morgan fingerprint density at radius 3 is 2.48 bits per heavy atom. The summed E-state index contributed by atoms with van der Waals surface area (Å²) in [4.78, 5) is 26.6. The molecule has 0 spiro atoms. The summed E-state index contributed by atoms with van der Waals surface area (Å²) in [7, 11) is 0. The number of carbonyl (C=O) groups excluding carboxylic acids is 2. The Balaban J connectivity index is 1.65. The SMILES string of the molecule is Cc1cccc(CN2C(=O)N/C(=C/c3cc(C)n(-c4ccc(Cl)cc4Cl)c3C)C2=O)c1. The first-order valence-electron chi connectivity index (χ1n) is 9.79. The van der Waals surface area contributed by atoms with Crippen LogP contribution in [0, 0.1) is 20.8 Å². The molecule has 0 radical (unpaired) electrons. The minimum atomic E-state index is -0.424. The van der Waals surface area contributed by atoms with Gasteiger partial charge in [-0.3, -0.25) is 9.69 Å². The van der Waals surface area contributed by atoms with Gasteiger partial charge >= 0.3 is 6.03 Å². The van der Waals surface area contributed by atoms with Crippen molar-refractivity contribution < 1.29 is 9.59 Å². The molecule has 5 nitrogen and oxygen atoms in total. The van der Waals surface area contributed by atoms with Crippen LogP contribution >= 0.6 is 23.2 Å². The molecule has 1 aromatic heterocycles. The lowest BCUT2D eigenvalue weighted by atomic mass is 10.1. The Bertz CT molecular complexity index is 1240. The van der Waals surface area contributed by atoms with E-state index < -0.39 is 6.03 Å². The number of imide groups is 1. The highest BCUT2D eigenvalue weighted by Crippen LogP contribution is 2.30. The number of halogens is 2. The third-order valence-electron chi connectivity index (χ3n) is 5.31. The minimum Gasteiger partial charge on any atom is -0.316 e. The van der Waals surface area contributed by atoms with Gasteiger partial charge in [-0.05, 0) is 62.2 Å². The summed E-state index contributed by atoms with van der Waals surface area (Å²) in [5, 5.41) is 3.79. The van der Waals surface area contributed by atoms with Gasteiger partial charge in [-0.1, -0.05) is 53.0 Å². The molecule has 0 saturated carbocycles. The molecule has 1 saturated heterocycles. The van der Waals surface area contributed by atoms with Gasteiger partial charge in [-0.25, -0.2) is 4.79 Å². The number of urea groups is 1. The van der Waals surface area contributed by atoms with Crippen molar-refractivity contribution in [3.8, 4) is 5.69 Å². The lowest BCUT2D eigenvalue weighted by Gasteiger charge is -2.12. The van der Waals surface area contributed by atoms with E-state index in [0.29, 0.717) is 10.0 Å². The van der Waals surface area contributed by atoms with E-state index in [1.54, 1.807) is 18.2 Å². The third kappa shape index (κ3) is 4.11. The number of nitrogens with one attached hydrogen (secondary N) is 1. The van der Waals surface area contributed by atoms with Gasteiger partial charge in [0, 0.05) is 16.4 Å². The van der Waals surface area contributed by atoms with Crippen molar-refractivity contribution in [3.05, 3.63) is 92.4 Å². The van der Waals surface area contributed by atoms with Gasteiger partial charge in [-0.2, -0.15) is 0 Å². The Hall–Kier alpha value is -3.02. The lowest BCUT2D eigenvalue weighted by molar-refractivity contribution is -0.123. The fourth-order valence-electron chi connectivity index (χ4n) is 3.83. The van der Waals surface area contributed by atoms with E-state index in [9.17, 15) is 9.59 Å². The van der Waals surface area contributed by atoms with Gasteiger partial charge in [0.25, 0.3) is 5.91 Å². The number of amides is 3. The highest BCUT2D eigenvalue weighted by molar-refractivity contribution is 6.35. The second-order valence-corrected chi connectivity index (χ2v) is 8.47. The molecule has 1 fully saturated rings. The molecule has 2 aromatic carbocycles. The first-order chi connectivity index (χ1) is 14.7. The number of rotatable bonds is 4. The topological polar surface area (TPSA) is 54.3 Å².